The van der Waals surface area contributed by atoms with Gasteiger partial charge in [0.2, 0.25) is 0 Å². The van der Waals surface area contributed by atoms with Crippen LogP contribution in [0.3, 0.4) is 0 Å². The lowest BCUT2D eigenvalue weighted by molar-refractivity contribution is -0.305. The molecule has 6 unspecified atom stereocenters. The molecule has 9 nitrogen and oxygen atoms in total. The number of carbonyl (C=O) groups excluding carboxylic acids is 1. The van der Waals surface area contributed by atoms with Gasteiger partial charge in [0.15, 0.2) is 6.29 Å². The third-order valence-electron chi connectivity index (χ3n) is 9.52. The fraction of sp³-hybridized carbons (Fsp3) is 0.974. The predicted molar refractivity (Wildman–Crippen MR) is 192 cm³/mol. The number of aliphatic hydroxyl groups is 4. The Labute approximate surface area is 293 Å². The summed E-state index contributed by atoms with van der Waals surface area (Å²) in [4.78, 5) is 12.4. The number of aliphatic hydroxyl groups excluding tert-OH is 4. The van der Waals surface area contributed by atoms with Gasteiger partial charge in [-0.05, 0) is 12.8 Å². The number of unbranched alkanes of at least 4 members (excludes halogenated alkanes) is 23. The third-order valence-corrected chi connectivity index (χ3v) is 9.52. The van der Waals surface area contributed by atoms with Crippen molar-refractivity contribution in [3.05, 3.63) is 0 Å². The Kier molecular flexibility index (Phi) is 30.3. The highest BCUT2D eigenvalue weighted by Gasteiger charge is 2.44. The molecule has 48 heavy (non-hydrogen) atoms. The van der Waals surface area contributed by atoms with E-state index in [9.17, 15) is 25.2 Å². The summed E-state index contributed by atoms with van der Waals surface area (Å²) in [5.41, 5.74) is 0. The van der Waals surface area contributed by atoms with Crippen LogP contribution in [0.5, 0.6) is 0 Å². The van der Waals surface area contributed by atoms with E-state index in [0.717, 1.165) is 32.1 Å². The first kappa shape index (κ1) is 45.2. The van der Waals surface area contributed by atoms with Crippen molar-refractivity contribution < 1.29 is 44.2 Å². The monoisotopic (exact) mass is 689 g/mol. The lowest BCUT2D eigenvalue weighted by Crippen LogP contribution is -2.59. The Balaban J connectivity index is 2.05. The SMILES string of the molecule is CCCCCCCCCCCCCCCCCCCCCCCCOCC(COC1OC(CO)C(O)C(O)C1O)OC(=O)CCCCC. The van der Waals surface area contributed by atoms with Gasteiger partial charge in [-0.15, -0.1) is 0 Å². The van der Waals surface area contributed by atoms with Gasteiger partial charge >= 0.3 is 5.97 Å². The van der Waals surface area contributed by atoms with E-state index in [0.29, 0.717) is 13.0 Å². The second kappa shape index (κ2) is 32.1. The smallest absolute Gasteiger partial charge is 0.306 e. The molecular weight excluding hydrogens is 612 g/mol. The number of hydrogen-bond donors (Lipinski definition) is 4. The Morgan fingerprint density at radius 3 is 1.48 bits per heavy atom. The number of carbonyl (C=O) groups is 1. The zero-order valence-corrected chi connectivity index (χ0v) is 31.0. The molecular formula is C39H76O9. The molecule has 0 aliphatic carbocycles. The van der Waals surface area contributed by atoms with Crippen molar-refractivity contribution in [1.29, 1.82) is 0 Å². The van der Waals surface area contributed by atoms with Crippen LogP contribution in [0.4, 0.5) is 0 Å². The molecule has 6 atom stereocenters. The minimum Gasteiger partial charge on any atom is -0.457 e. The molecule has 0 spiro atoms. The Morgan fingerprint density at radius 2 is 1.02 bits per heavy atom. The van der Waals surface area contributed by atoms with Crippen molar-refractivity contribution in [2.24, 2.45) is 0 Å². The maximum atomic E-state index is 12.4. The van der Waals surface area contributed by atoms with Crippen molar-refractivity contribution in [3.8, 4) is 0 Å². The van der Waals surface area contributed by atoms with E-state index in [-0.39, 0.29) is 19.2 Å². The average molecular weight is 689 g/mol. The molecule has 0 amide bonds. The molecule has 1 aliphatic heterocycles. The summed E-state index contributed by atoms with van der Waals surface area (Å²) in [7, 11) is 0. The normalized spacial score (nSPS) is 21.8. The van der Waals surface area contributed by atoms with Gasteiger partial charge in [-0.3, -0.25) is 4.79 Å². The van der Waals surface area contributed by atoms with E-state index in [2.05, 4.69) is 13.8 Å². The zero-order chi connectivity index (χ0) is 35.1. The largest absolute Gasteiger partial charge is 0.457 e. The summed E-state index contributed by atoms with van der Waals surface area (Å²) >= 11 is 0. The molecule has 1 rings (SSSR count). The first-order valence-electron chi connectivity index (χ1n) is 20.1. The first-order valence-corrected chi connectivity index (χ1v) is 20.1. The molecule has 0 aromatic carbocycles. The number of esters is 1. The van der Waals surface area contributed by atoms with E-state index >= 15 is 0 Å². The van der Waals surface area contributed by atoms with Crippen LogP contribution >= 0.6 is 0 Å². The molecule has 1 fully saturated rings. The van der Waals surface area contributed by atoms with Crippen molar-refractivity contribution in [2.45, 2.75) is 218 Å². The average Bonchev–Trinajstić information content (AvgIpc) is 3.08. The summed E-state index contributed by atoms with van der Waals surface area (Å²) in [6.45, 7) is 4.41. The highest BCUT2D eigenvalue weighted by atomic mass is 16.7. The zero-order valence-electron chi connectivity index (χ0n) is 31.0. The van der Waals surface area contributed by atoms with Crippen LogP contribution in [0, 0.1) is 0 Å². The summed E-state index contributed by atoms with van der Waals surface area (Å²) in [6.07, 6.45) is 25.1. The second-order valence-corrected chi connectivity index (χ2v) is 14.1. The van der Waals surface area contributed by atoms with Gasteiger partial charge in [-0.1, -0.05) is 162 Å². The fourth-order valence-corrected chi connectivity index (χ4v) is 6.32. The van der Waals surface area contributed by atoms with Crippen LogP contribution in [-0.2, 0) is 23.7 Å². The van der Waals surface area contributed by atoms with Gasteiger partial charge in [0.25, 0.3) is 0 Å². The Morgan fingerprint density at radius 1 is 0.583 bits per heavy atom. The first-order chi connectivity index (χ1) is 23.4. The topological polar surface area (TPSA) is 135 Å². The van der Waals surface area contributed by atoms with Crippen LogP contribution in [0.15, 0.2) is 0 Å². The van der Waals surface area contributed by atoms with Gasteiger partial charge in [-0.25, -0.2) is 0 Å². The molecule has 0 aromatic rings. The predicted octanol–water partition coefficient (Wildman–Crippen LogP) is 7.91. The van der Waals surface area contributed by atoms with Gasteiger partial charge in [0.1, 0.15) is 30.5 Å². The van der Waals surface area contributed by atoms with Crippen LogP contribution in [0.2, 0.25) is 0 Å². The lowest BCUT2D eigenvalue weighted by Gasteiger charge is -2.39. The van der Waals surface area contributed by atoms with Gasteiger partial charge in [0, 0.05) is 13.0 Å². The van der Waals surface area contributed by atoms with Gasteiger partial charge in [0.05, 0.1) is 19.8 Å². The maximum absolute atomic E-state index is 12.4. The highest BCUT2D eigenvalue weighted by molar-refractivity contribution is 5.69. The fourth-order valence-electron chi connectivity index (χ4n) is 6.32. The quantitative estimate of drug-likeness (QED) is 0.0393. The van der Waals surface area contributed by atoms with Crippen LogP contribution < -0.4 is 0 Å². The van der Waals surface area contributed by atoms with Crippen molar-refractivity contribution in [3.63, 3.8) is 0 Å². The maximum Gasteiger partial charge on any atom is 0.306 e. The van der Waals surface area contributed by atoms with E-state index in [1.807, 2.05) is 0 Å². The summed E-state index contributed by atoms with van der Waals surface area (Å²) < 4.78 is 22.4. The van der Waals surface area contributed by atoms with Crippen molar-refractivity contribution in [1.82, 2.24) is 0 Å². The van der Waals surface area contributed by atoms with E-state index < -0.39 is 43.4 Å². The van der Waals surface area contributed by atoms with Crippen molar-refractivity contribution in [2.75, 3.05) is 26.4 Å². The third kappa shape index (κ3) is 23.6. The molecule has 0 radical (unpaired) electrons. The molecule has 286 valence electrons. The Bertz CT molecular complexity index is 707. The minimum atomic E-state index is -1.53. The molecule has 9 heteroatoms. The molecule has 4 N–H and O–H groups in total. The number of hydrogen-bond acceptors (Lipinski definition) is 9. The van der Waals surface area contributed by atoms with Crippen LogP contribution in [-0.4, -0.2) is 89.6 Å². The van der Waals surface area contributed by atoms with E-state index in [1.54, 1.807) is 0 Å². The van der Waals surface area contributed by atoms with Gasteiger partial charge < -0.3 is 39.4 Å². The van der Waals surface area contributed by atoms with Crippen molar-refractivity contribution >= 4 is 5.97 Å². The summed E-state index contributed by atoms with van der Waals surface area (Å²) in [6, 6.07) is 0. The summed E-state index contributed by atoms with van der Waals surface area (Å²) in [5.74, 6) is -0.334. The molecule has 0 aromatic heterocycles. The van der Waals surface area contributed by atoms with Gasteiger partial charge in [-0.2, -0.15) is 0 Å². The molecule has 0 saturated carbocycles. The van der Waals surface area contributed by atoms with E-state index in [1.165, 1.54) is 128 Å². The number of rotatable bonds is 34. The minimum absolute atomic E-state index is 0.110. The van der Waals surface area contributed by atoms with Crippen LogP contribution in [0.25, 0.3) is 0 Å². The standard InChI is InChI=1S/C39H76O9/c1-3-5-7-8-9-10-11-12-13-14-15-16-17-18-19-20-21-22-23-24-25-27-29-45-31-33(47-35(41)28-26-6-4-2)32-46-39-38(44)37(43)36(42)34(30-40)48-39/h33-34,36-40,42-44H,3-32H2,1-2H3. The molecule has 1 heterocycles. The summed E-state index contributed by atoms with van der Waals surface area (Å²) in [5, 5.41) is 39.7. The molecule has 0 bridgehead atoms. The number of ether oxygens (including phenoxy) is 4. The van der Waals surface area contributed by atoms with Crippen LogP contribution in [0.1, 0.15) is 181 Å². The lowest BCUT2D eigenvalue weighted by atomic mass is 9.99. The second-order valence-electron chi connectivity index (χ2n) is 14.1. The molecule has 1 saturated heterocycles. The molecule has 1 aliphatic rings. The Hall–Kier alpha value is -0.810. The van der Waals surface area contributed by atoms with E-state index in [4.69, 9.17) is 18.9 Å². The highest BCUT2D eigenvalue weighted by Crippen LogP contribution is 2.22.